The van der Waals surface area contributed by atoms with Crippen LogP contribution in [-0.4, -0.2) is 14.8 Å². The topological polar surface area (TPSA) is 30.7 Å². The summed E-state index contributed by atoms with van der Waals surface area (Å²) in [7, 11) is 0. The maximum Gasteiger partial charge on any atom is 0.191 e. The maximum atomic E-state index is 4.63. The lowest BCUT2D eigenvalue weighted by molar-refractivity contribution is 0.368. The number of hydrogen-bond acceptors (Lipinski definition) is 3. The fourth-order valence-corrected chi connectivity index (χ4v) is 2.92. The summed E-state index contributed by atoms with van der Waals surface area (Å²) >= 11 is 1.77. The quantitative estimate of drug-likeness (QED) is 0.758. The molecule has 84 valence electrons. The van der Waals surface area contributed by atoms with Gasteiger partial charge in [0.25, 0.3) is 0 Å². The molecule has 16 heavy (non-hydrogen) atoms. The number of hydrogen-bond donors (Lipinski definition) is 0. The molecule has 4 heteroatoms. The lowest BCUT2D eigenvalue weighted by Crippen LogP contribution is -2.18. The van der Waals surface area contributed by atoms with Crippen LogP contribution >= 0.6 is 11.3 Å². The van der Waals surface area contributed by atoms with E-state index in [0.29, 0.717) is 0 Å². The van der Waals surface area contributed by atoms with Gasteiger partial charge in [0.2, 0.25) is 0 Å². The zero-order chi connectivity index (χ0) is 11.1. The van der Waals surface area contributed by atoms with Crippen LogP contribution in [0.2, 0.25) is 0 Å². The molecule has 1 aliphatic heterocycles. The molecule has 0 fully saturated rings. The third-order valence-corrected chi connectivity index (χ3v) is 4.05. The van der Waals surface area contributed by atoms with Crippen LogP contribution in [0, 0.1) is 12.8 Å². The lowest BCUT2D eigenvalue weighted by Gasteiger charge is -2.17. The van der Waals surface area contributed by atoms with Crippen LogP contribution in [0.1, 0.15) is 24.0 Å². The van der Waals surface area contributed by atoms with Gasteiger partial charge >= 0.3 is 0 Å². The van der Waals surface area contributed by atoms with Gasteiger partial charge in [-0.2, -0.15) is 0 Å². The molecule has 3 heterocycles. The minimum atomic E-state index is 0.729. The van der Waals surface area contributed by atoms with Gasteiger partial charge in [0.1, 0.15) is 5.82 Å². The van der Waals surface area contributed by atoms with Gasteiger partial charge in [0.15, 0.2) is 5.82 Å². The summed E-state index contributed by atoms with van der Waals surface area (Å²) in [4.78, 5) is 7.13. The second kappa shape index (κ2) is 3.70. The summed E-state index contributed by atoms with van der Waals surface area (Å²) in [5.41, 5.74) is 0. The Morgan fingerprint density at radius 2 is 2.31 bits per heavy atom. The Balaban J connectivity index is 1.98. The second-order valence-corrected chi connectivity index (χ2v) is 5.88. The third kappa shape index (κ3) is 1.67. The zero-order valence-corrected chi connectivity index (χ0v) is 10.4. The Morgan fingerprint density at radius 3 is 3.06 bits per heavy atom. The molecule has 3 nitrogen and oxygen atoms in total. The van der Waals surface area contributed by atoms with E-state index in [1.54, 1.807) is 11.3 Å². The first-order valence-electron chi connectivity index (χ1n) is 5.73. The van der Waals surface area contributed by atoms with Crippen LogP contribution < -0.4 is 0 Å². The molecular formula is C12H15N3S. The van der Waals surface area contributed by atoms with Gasteiger partial charge in [-0.1, -0.05) is 6.92 Å². The number of aromatic nitrogens is 3. The minimum absolute atomic E-state index is 0.729. The van der Waals surface area contributed by atoms with E-state index in [9.17, 15) is 0 Å². The standard InChI is InChI=1S/C12H15N3S/c1-8-3-6-11-13-12(14-15(11)7-8)10-5-4-9(2)16-10/h4-5,8H,3,6-7H2,1-2H3. The van der Waals surface area contributed by atoms with Crippen LogP contribution in [0.25, 0.3) is 10.7 Å². The van der Waals surface area contributed by atoms with Crippen molar-refractivity contribution in [2.45, 2.75) is 33.2 Å². The fourth-order valence-electron chi connectivity index (χ4n) is 2.13. The van der Waals surface area contributed by atoms with Gasteiger partial charge in [0, 0.05) is 17.8 Å². The first-order chi connectivity index (χ1) is 7.72. The normalized spacial score (nSPS) is 19.8. The number of nitrogens with zero attached hydrogens (tertiary/aromatic N) is 3. The molecule has 0 radical (unpaired) electrons. The summed E-state index contributed by atoms with van der Waals surface area (Å²) < 4.78 is 2.08. The number of aryl methyl sites for hydroxylation is 2. The Kier molecular flexibility index (Phi) is 2.32. The molecule has 0 aliphatic carbocycles. The van der Waals surface area contributed by atoms with Crippen LogP contribution in [0.4, 0.5) is 0 Å². The maximum absolute atomic E-state index is 4.63. The van der Waals surface area contributed by atoms with Crippen molar-refractivity contribution < 1.29 is 0 Å². The van der Waals surface area contributed by atoms with E-state index in [1.165, 1.54) is 16.2 Å². The van der Waals surface area contributed by atoms with E-state index in [-0.39, 0.29) is 0 Å². The molecule has 2 aromatic heterocycles. The zero-order valence-electron chi connectivity index (χ0n) is 9.60. The SMILES string of the molecule is Cc1ccc(-c2nc3n(n2)CC(C)CC3)s1. The molecule has 0 bridgehead atoms. The van der Waals surface area contributed by atoms with Gasteiger partial charge in [-0.05, 0) is 31.4 Å². The first kappa shape index (κ1) is 10.0. The molecule has 2 aromatic rings. The summed E-state index contributed by atoms with van der Waals surface area (Å²) in [6, 6.07) is 4.24. The van der Waals surface area contributed by atoms with Gasteiger partial charge in [-0.3, -0.25) is 0 Å². The van der Waals surface area contributed by atoms with Gasteiger partial charge in [-0.15, -0.1) is 16.4 Å². The molecule has 0 N–H and O–H groups in total. The Morgan fingerprint density at radius 1 is 1.44 bits per heavy atom. The van der Waals surface area contributed by atoms with E-state index < -0.39 is 0 Å². The Hall–Kier alpha value is -1.16. The average Bonchev–Trinajstić information content (AvgIpc) is 2.83. The molecular weight excluding hydrogens is 218 g/mol. The molecule has 0 spiro atoms. The highest BCUT2D eigenvalue weighted by Gasteiger charge is 2.19. The van der Waals surface area contributed by atoms with Crippen LogP contribution in [0.5, 0.6) is 0 Å². The van der Waals surface area contributed by atoms with Crippen molar-refractivity contribution in [3.63, 3.8) is 0 Å². The fraction of sp³-hybridized carbons (Fsp3) is 0.500. The van der Waals surface area contributed by atoms with Crippen LogP contribution in [0.3, 0.4) is 0 Å². The highest BCUT2D eigenvalue weighted by Crippen LogP contribution is 2.27. The molecule has 1 atom stereocenters. The van der Waals surface area contributed by atoms with E-state index >= 15 is 0 Å². The first-order valence-corrected chi connectivity index (χ1v) is 6.54. The summed E-state index contributed by atoms with van der Waals surface area (Å²) in [5.74, 6) is 2.79. The predicted molar refractivity (Wildman–Crippen MR) is 65.6 cm³/mol. The van der Waals surface area contributed by atoms with Crippen molar-refractivity contribution in [3.05, 3.63) is 22.8 Å². The molecule has 1 aliphatic rings. The predicted octanol–water partition coefficient (Wildman–Crippen LogP) is 2.90. The summed E-state index contributed by atoms with van der Waals surface area (Å²) in [6.07, 6.45) is 2.31. The monoisotopic (exact) mass is 233 g/mol. The van der Waals surface area contributed by atoms with Gasteiger partial charge in [0.05, 0.1) is 4.88 Å². The largest absolute Gasteiger partial charge is 0.249 e. The smallest absolute Gasteiger partial charge is 0.191 e. The van der Waals surface area contributed by atoms with Crippen molar-refractivity contribution in [2.75, 3.05) is 0 Å². The van der Waals surface area contributed by atoms with E-state index in [2.05, 4.69) is 40.7 Å². The third-order valence-electron chi connectivity index (χ3n) is 3.05. The highest BCUT2D eigenvalue weighted by molar-refractivity contribution is 7.15. The number of rotatable bonds is 1. The molecule has 0 saturated heterocycles. The molecule has 3 rings (SSSR count). The van der Waals surface area contributed by atoms with Crippen molar-refractivity contribution >= 4 is 11.3 Å². The van der Waals surface area contributed by atoms with Gasteiger partial charge in [-0.25, -0.2) is 9.67 Å². The van der Waals surface area contributed by atoms with Crippen LogP contribution in [-0.2, 0) is 13.0 Å². The lowest BCUT2D eigenvalue weighted by atomic mass is 10.0. The van der Waals surface area contributed by atoms with E-state index in [1.807, 2.05) is 0 Å². The van der Waals surface area contributed by atoms with Crippen molar-refractivity contribution in [1.29, 1.82) is 0 Å². The van der Waals surface area contributed by atoms with Crippen molar-refractivity contribution in [3.8, 4) is 10.7 Å². The molecule has 0 saturated carbocycles. The van der Waals surface area contributed by atoms with E-state index in [0.717, 1.165) is 30.5 Å². The van der Waals surface area contributed by atoms with Crippen molar-refractivity contribution in [2.24, 2.45) is 5.92 Å². The Labute approximate surface area is 99.1 Å². The van der Waals surface area contributed by atoms with E-state index in [4.69, 9.17) is 0 Å². The second-order valence-electron chi connectivity index (χ2n) is 4.59. The summed E-state index contributed by atoms with van der Waals surface area (Å²) in [6.45, 7) is 5.42. The highest BCUT2D eigenvalue weighted by atomic mass is 32.1. The van der Waals surface area contributed by atoms with Crippen LogP contribution in [0.15, 0.2) is 12.1 Å². The molecule has 0 amide bonds. The number of thiophene rings is 1. The van der Waals surface area contributed by atoms with Crippen molar-refractivity contribution in [1.82, 2.24) is 14.8 Å². The average molecular weight is 233 g/mol. The molecule has 0 aromatic carbocycles. The number of fused-ring (bicyclic) bond motifs is 1. The summed E-state index contributed by atoms with van der Waals surface area (Å²) in [5, 5.41) is 4.60. The minimum Gasteiger partial charge on any atom is -0.249 e. The Bertz CT molecular complexity index is 512. The molecule has 1 unspecified atom stereocenters. The van der Waals surface area contributed by atoms with Gasteiger partial charge < -0.3 is 0 Å².